The number of nitrogens with zero attached hydrogens (tertiary/aromatic N) is 5. The Balaban J connectivity index is 1.36. The monoisotopic (exact) mass is 537 g/mol. The third kappa shape index (κ3) is 5.60. The first-order valence-corrected chi connectivity index (χ1v) is 12.6. The van der Waals surface area contributed by atoms with Crippen LogP contribution in [0.15, 0.2) is 77.8 Å². The van der Waals surface area contributed by atoms with Crippen LogP contribution in [0.4, 0.5) is 13.2 Å². The van der Waals surface area contributed by atoms with Gasteiger partial charge >= 0.3 is 6.18 Å². The lowest BCUT2D eigenvalue weighted by Gasteiger charge is -2.19. The highest BCUT2D eigenvalue weighted by Gasteiger charge is 2.32. The molecule has 2 heterocycles. The first-order valence-electron chi connectivity index (χ1n) is 11.7. The Morgan fingerprint density at radius 1 is 1.05 bits per heavy atom. The van der Waals surface area contributed by atoms with E-state index < -0.39 is 17.6 Å². The molecule has 5 rings (SSSR count). The molecule has 2 N–H and O–H groups in total. The second kappa shape index (κ2) is 10.8. The number of amides is 1. The molecule has 0 bridgehead atoms. The number of nitrogens with one attached hydrogen (secondary N) is 2. The smallest absolute Gasteiger partial charge is 0.281 e. The zero-order valence-electron chi connectivity index (χ0n) is 20.1. The van der Waals surface area contributed by atoms with Crippen molar-refractivity contribution in [2.24, 2.45) is 4.99 Å². The average Bonchev–Trinajstić information content (AvgIpc) is 3.59. The van der Waals surface area contributed by atoms with E-state index in [4.69, 9.17) is 0 Å². The Labute approximate surface area is 220 Å². The number of aromatic nitrogens is 4. The highest BCUT2D eigenvalue weighted by molar-refractivity contribution is 8.14. The maximum Gasteiger partial charge on any atom is 0.416 e. The van der Waals surface area contributed by atoms with Gasteiger partial charge < -0.3 is 0 Å². The molecule has 38 heavy (non-hydrogen) atoms. The quantitative estimate of drug-likeness (QED) is 0.333. The van der Waals surface area contributed by atoms with E-state index in [9.17, 15) is 18.0 Å². The normalized spacial score (nSPS) is 16.8. The molecule has 1 aliphatic rings. The molecular formula is C26H22F3N7OS. The lowest BCUT2D eigenvalue weighted by molar-refractivity contribution is -0.137. The van der Waals surface area contributed by atoms with Gasteiger partial charge in [0.25, 0.3) is 5.91 Å². The standard InChI is InChI=1S/C26H22F3N7OS/c1-2-22-33-36(25(38-22)30-24(37)18-6-5-7-19(14-18)26(27,28)29)15-16-10-12-17(13-11-16)20-8-3-4-9-21(20)23-31-34-35-32-23/h3-14,22,33H,2,15H2,1H3,(H,31,32,34,35). The van der Waals surface area contributed by atoms with Crippen LogP contribution in [-0.2, 0) is 12.7 Å². The van der Waals surface area contributed by atoms with Gasteiger partial charge in [-0.1, -0.05) is 73.3 Å². The molecule has 3 aromatic carbocycles. The Hall–Kier alpha value is -4.03. The SMILES string of the molecule is CCC1NN(Cc2ccc(-c3ccccc3-c3nnn[nH]3)cc2)C(=NC(=O)c2cccc(C(F)(F)F)c2)S1. The lowest BCUT2D eigenvalue weighted by atomic mass is 9.98. The molecule has 1 aliphatic heterocycles. The van der Waals surface area contributed by atoms with Crippen molar-refractivity contribution >= 4 is 22.8 Å². The van der Waals surface area contributed by atoms with Crippen LogP contribution in [0.1, 0.15) is 34.8 Å². The number of thioether (sulfide) groups is 1. The number of halogens is 3. The van der Waals surface area contributed by atoms with Crippen molar-refractivity contribution < 1.29 is 18.0 Å². The van der Waals surface area contributed by atoms with E-state index in [0.717, 1.165) is 40.8 Å². The Morgan fingerprint density at radius 3 is 2.50 bits per heavy atom. The molecule has 4 aromatic rings. The van der Waals surface area contributed by atoms with Gasteiger partial charge in [0.1, 0.15) is 0 Å². The molecule has 0 radical (unpaired) electrons. The molecule has 8 nitrogen and oxygen atoms in total. The predicted octanol–water partition coefficient (Wildman–Crippen LogP) is 5.54. The second-order valence-corrected chi connectivity index (χ2v) is 9.67. The molecule has 0 aliphatic carbocycles. The highest BCUT2D eigenvalue weighted by atomic mass is 32.2. The topological polar surface area (TPSA) is 99.2 Å². The summed E-state index contributed by atoms with van der Waals surface area (Å²) in [5.41, 5.74) is 6.08. The molecule has 1 unspecified atom stereocenters. The number of alkyl halides is 3. The minimum absolute atomic E-state index is 0.00951. The number of aromatic amines is 1. The summed E-state index contributed by atoms with van der Waals surface area (Å²) in [5.74, 6) is -0.157. The van der Waals surface area contributed by atoms with Gasteiger partial charge in [-0.2, -0.15) is 18.2 Å². The molecule has 0 saturated carbocycles. The molecule has 12 heteroatoms. The first-order chi connectivity index (χ1) is 18.3. The third-order valence-electron chi connectivity index (χ3n) is 5.92. The van der Waals surface area contributed by atoms with Gasteiger partial charge in [0.2, 0.25) is 0 Å². The number of hydrogen-bond donors (Lipinski definition) is 2. The van der Waals surface area contributed by atoms with Crippen molar-refractivity contribution in [3.8, 4) is 22.5 Å². The van der Waals surface area contributed by atoms with Gasteiger partial charge in [-0.15, -0.1) is 5.10 Å². The van der Waals surface area contributed by atoms with Crippen LogP contribution in [0, 0.1) is 0 Å². The van der Waals surface area contributed by atoms with Crippen LogP contribution >= 0.6 is 11.8 Å². The van der Waals surface area contributed by atoms with E-state index in [1.165, 1.54) is 23.9 Å². The summed E-state index contributed by atoms with van der Waals surface area (Å²) in [6.07, 6.45) is -3.77. The van der Waals surface area contributed by atoms with Gasteiger partial charge in [-0.3, -0.25) is 9.80 Å². The first kappa shape index (κ1) is 25.6. The number of tetrazole rings is 1. The summed E-state index contributed by atoms with van der Waals surface area (Å²) in [6.45, 7) is 2.41. The highest BCUT2D eigenvalue weighted by Crippen LogP contribution is 2.32. The summed E-state index contributed by atoms with van der Waals surface area (Å²) in [4.78, 5) is 16.9. The van der Waals surface area contributed by atoms with Gasteiger partial charge in [0, 0.05) is 11.1 Å². The maximum atomic E-state index is 13.1. The van der Waals surface area contributed by atoms with Crippen molar-refractivity contribution in [2.45, 2.75) is 31.4 Å². The minimum atomic E-state index is -4.54. The van der Waals surface area contributed by atoms with Crippen LogP contribution in [0.25, 0.3) is 22.5 Å². The van der Waals surface area contributed by atoms with E-state index >= 15 is 0 Å². The number of hydrazine groups is 1. The number of benzene rings is 3. The van der Waals surface area contributed by atoms with Crippen LogP contribution in [-0.4, -0.2) is 42.1 Å². The molecule has 1 saturated heterocycles. The molecule has 194 valence electrons. The number of hydrogen-bond acceptors (Lipinski definition) is 6. The van der Waals surface area contributed by atoms with Crippen molar-refractivity contribution in [2.75, 3.05) is 0 Å². The number of H-pyrrole nitrogens is 1. The fraction of sp³-hybridized carbons (Fsp3) is 0.192. The molecule has 1 amide bonds. The molecule has 1 aromatic heterocycles. The van der Waals surface area contributed by atoms with Gasteiger partial charge in [0.15, 0.2) is 11.0 Å². The van der Waals surface area contributed by atoms with Crippen molar-refractivity contribution in [1.82, 2.24) is 31.1 Å². The predicted molar refractivity (Wildman–Crippen MR) is 139 cm³/mol. The van der Waals surface area contributed by atoms with E-state index in [1.807, 2.05) is 55.5 Å². The van der Waals surface area contributed by atoms with E-state index in [1.54, 1.807) is 5.01 Å². The van der Waals surface area contributed by atoms with Crippen LogP contribution in [0.3, 0.4) is 0 Å². The van der Waals surface area contributed by atoms with Crippen LogP contribution in [0.5, 0.6) is 0 Å². The summed E-state index contributed by atoms with van der Waals surface area (Å²) in [5, 5.41) is 16.3. The van der Waals surface area contributed by atoms with Crippen molar-refractivity contribution in [3.05, 3.63) is 89.5 Å². The molecule has 1 fully saturated rings. The Morgan fingerprint density at radius 2 is 1.82 bits per heavy atom. The summed E-state index contributed by atoms with van der Waals surface area (Å²) in [6, 6.07) is 20.0. The van der Waals surface area contributed by atoms with Crippen LogP contribution in [0.2, 0.25) is 0 Å². The molecular weight excluding hydrogens is 515 g/mol. The summed E-state index contributed by atoms with van der Waals surface area (Å²) in [7, 11) is 0. The molecule has 1 atom stereocenters. The fourth-order valence-corrected chi connectivity index (χ4v) is 4.97. The zero-order valence-corrected chi connectivity index (χ0v) is 20.9. The number of carbonyl (C=O) groups excluding carboxylic acids is 1. The number of rotatable bonds is 6. The zero-order chi connectivity index (χ0) is 26.7. The van der Waals surface area contributed by atoms with Gasteiger partial charge in [-0.05, 0) is 51.7 Å². The summed E-state index contributed by atoms with van der Waals surface area (Å²) >= 11 is 1.37. The fourth-order valence-electron chi connectivity index (χ4n) is 3.99. The van der Waals surface area contributed by atoms with Crippen molar-refractivity contribution in [1.29, 1.82) is 0 Å². The summed E-state index contributed by atoms with van der Waals surface area (Å²) < 4.78 is 39.3. The van der Waals surface area contributed by atoms with Gasteiger partial charge in [-0.25, -0.2) is 10.5 Å². The van der Waals surface area contributed by atoms with E-state index in [0.29, 0.717) is 17.5 Å². The van der Waals surface area contributed by atoms with Crippen molar-refractivity contribution in [3.63, 3.8) is 0 Å². The second-order valence-electron chi connectivity index (χ2n) is 8.50. The lowest BCUT2D eigenvalue weighted by Crippen LogP contribution is -2.37. The number of aliphatic imine (C=N–C) groups is 1. The largest absolute Gasteiger partial charge is 0.416 e. The van der Waals surface area contributed by atoms with E-state index in [-0.39, 0.29) is 10.9 Å². The molecule has 0 spiro atoms. The minimum Gasteiger partial charge on any atom is -0.281 e. The maximum absolute atomic E-state index is 13.1. The Kier molecular flexibility index (Phi) is 7.25. The average molecular weight is 538 g/mol. The Bertz CT molecular complexity index is 1460. The van der Waals surface area contributed by atoms with Crippen LogP contribution < -0.4 is 5.43 Å². The third-order valence-corrected chi connectivity index (χ3v) is 7.16. The number of carbonyl (C=O) groups is 1. The van der Waals surface area contributed by atoms with E-state index in [2.05, 4.69) is 31.0 Å². The van der Waals surface area contributed by atoms with Gasteiger partial charge in [0.05, 0.1) is 17.5 Å². The number of amidine groups is 1.